The molecule has 3 heterocycles. The number of fused-ring (bicyclic) bond motifs is 2. The topological polar surface area (TPSA) is 83.6 Å². The lowest BCUT2D eigenvalue weighted by atomic mass is 9.69. The number of carbonyl (C=O) groups is 2. The molecule has 134 valence electrons. The lowest BCUT2D eigenvalue weighted by Crippen LogP contribution is -2.45. The number of rotatable bonds is 2. The number of nitrogens with one attached hydrogen (secondary N) is 2. The summed E-state index contributed by atoms with van der Waals surface area (Å²) < 4.78 is 4.68. The molecule has 2 N–H and O–H groups in total. The van der Waals surface area contributed by atoms with Crippen LogP contribution in [-0.4, -0.2) is 54.2 Å². The van der Waals surface area contributed by atoms with Crippen LogP contribution in [0.4, 0.5) is 10.6 Å². The molecule has 1 aromatic heterocycles. The molecular formula is C18H24N4O3. The van der Waals surface area contributed by atoms with Crippen molar-refractivity contribution in [1.82, 2.24) is 15.2 Å². The van der Waals surface area contributed by atoms with Gasteiger partial charge in [-0.1, -0.05) is 6.07 Å². The first-order valence-electron chi connectivity index (χ1n) is 8.98. The summed E-state index contributed by atoms with van der Waals surface area (Å²) in [6, 6.07) is 4.58. The third kappa shape index (κ3) is 2.76. The molecular weight excluding hydrogens is 320 g/mol. The molecule has 2 amide bonds. The SMILES string of the molecule is COC(=O)N[C@@H]1CCN(C2CCC3(CC2)C(=O)Nc2ncccc23)C1. The fourth-order valence-corrected chi connectivity index (χ4v) is 4.66. The van der Waals surface area contributed by atoms with E-state index in [-0.39, 0.29) is 18.0 Å². The van der Waals surface area contributed by atoms with Crippen LogP contribution in [0.3, 0.4) is 0 Å². The predicted molar refractivity (Wildman–Crippen MR) is 92.3 cm³/mol. The lowest BCUT2D eigenvalue weighted by molar-refractivity contribution is -0.122. The molecule has 7 heteroatoms. The van der Waals surface area contributed by atoms with Crippen LogP contribution in [-0.2, 0) is 14.9 Å². The molecule has 2 aliphatic heterocycles. The third-order valence-electron chi connectivity index (χ3n) is 6.04. The van der Waals surface area contributed by atoms with Gasteiger partial charge in [-0.3, -0.25) is 9.69 Å². The smallest absolute Gasteiger partial charge is 0.407 e. The van der Waals surface area contributed by atoms with Gasteiger partial charge < -0.3 is 15.4 Å². The molecule has 0 bridgehead atoms. The van der Waals surface area contributed by atoms with Crippen molar-refractivity contribution in [3.8, 4) is 0 Å². The van der Waals surface area contributed by atoms with Crippen LogP contribution in [0, 0.1) is 0 Å². The number of aromatic nitrogens is 1. The number of anilines is 1. The van der Waals surface area contributed by atoms with Gasteiger partial charge in [0.1, 0.15) is 5.82 Å². The Balaban J connectivity index is 1.40. The van der Waals surface area contributed by atoms with E-state index in [2.05, 4.69) is 25.3 Å². The minimum absolute atomic E-state index is 0.103. The van der Waals surface area contributed by atoms with Crippen molar-refractivity contribution in [3.05, 3.63) is 23.9 Å². The number of carbonyl (C=O) groups excluding carboxylic acids is 2. The normalized spacial score (nSPS) is 31.6. The fourth-order valence-electron chi connectivity index (χ4n) is 4.66. The van der Waals surface area contributed by atoms with Gasteiger partial charge in [0.2, 0.25) is 5.91 Å². The summed E-state index contributed by atoms with van der Waals surface area (Å²) in [5.41, 5.74) is 0.661. The van der Waals surface area contributed by atoms with Crippen molar-refractivity contribution < 1.29 is 14.3 Å². The molecule has 3 aliphatic rings. The van der Waals surface area contributed by atoms with Gasteiger partial charge >= 0.3 is 6.09 Å². The molecule has 25 heavy (non-hydrogen) atoms. The quantitative estimate of drug-likeness (QED) is 0.852. The summed E-state index contributed by atoms with van der Waals surface area (Å²) in [5.74, 6) is 0.834. The number of ether oxygens (including phenoxy) is 1. The third-order valence-corrected chi connectivity index (χ3v) is 6.04. The lowest BCUT2D eigenvalue weighted by Gasteiger charge is -2.39. The summed E-state index contributed by atoms with van der Waals surface area (Å²) >= 11 is 0. The number of hydrogen-bond donors (Lipinski definition) is 2. The van der Waals surface area contributed by atoms with Crippen molar-refractivity contribution in [3.63, 3.8) is 0 Å². The molecule has 7 nitrogen and oxygen atoms in total. The largest absolute Gasteiger partial charge is 0.453 e. The van der Waals surface area contributed by atoms with Gasteiger partial charge in [0.15, 0.2) is 0 Å². The summed E-state index contributed by atoms with van der Waals surface area (Å²) in [7, 11) is 1.39. The van der Waals surface area contributed by atoms with Crippen LogP contribution in [0.5, 0.6) is 0 Å². The second-order valence-corrected chi connectivity index (χ2v) is 7.28. The van der Waals surface area contributed by atoms with E-state index in [9.17, 15) is 9.59 Å². The van der Waals surface area contributed by atoms with Crippen LogP contribution >= 0.6 is 0 Å². The average molecular weight is 344 g/mol. The Morgan fingerprint density at radius 1 is 1.40 bits per heavy atom. The molecule has 0 unspecified atom stereocenters. The molecule has 0 radical (unpaired) electrons. The van der Waals surface area contributed by atoms with Crippen molar-refractivity contribution in [2.24, 2.45) is 0 Å². The van der Waals surface area contributed by atoms with Gasteiger partial charge in [-0.15, -0.1) is 0 Å². The highest BCUT2D eigenvalue weighted by atomic mass is 16.5. The number of alkyl carbamates (subject to hydrolysis) is 1. The molecule has 1 aromatic rings. The molecule has 1 spiro atoms. The number of amides is 2. The van der Waals surface area contributed by atoms with Gasteiger partial charge in [-0.05, 0) is 38.2 Å². The maximum atomic E-state index is 12.6. The summed E-state index contributed by atoms with van der Waals surface area (Å²) in [6.45, 7) is 1.84. The minimum atomic E-state index is -0.399. The van der Waals surface area contributed by atoms with Gasteiger partial charge in [-0.25, -0.2) is 9.78 Å². The molecule has 1 atom stereocenters. The monoisotopic (exact) mass is 344 g/mol. The molecule has 1 saturated heterocycles. The van der Waals surface area contributed by atoms with Crippen LogP contribution in [0.25, 0.3) is 0 Å². The van der Waals surface area contributed by atoms with E-state index in [1.54, 1.807) is 6.20 Å². The Kier molecular flexibility index (Phi) is 4.11. The minimum Gasteiger partial charge on any atom is -0.453 e. The molecule has 1 saturated carbocycles. The van der Waals surface area contributed by atoms with Crippen LogP contribution in [0.15, 0.2) is 18.3 Å². The van der Waals surface area contributed by atoms with E-state index in [1.165, 1.54) is 7.11 Å². The van der Waals surface area contributed by atoms with Gasteiger partial charge in [0.05, 0.1) is 12.5 Å². The van der Waals surface area contributed by atoms with Crippen LogP contribution in [0.1, 0.15) is 37.7 Å². The number of pyridine rings is 1. The van der Waals surface area contributed by atoms with Crippen molar-refractivity contribution in [1.29, 1.82) is 0 Å². The first kappa shape index (κ1) is 16.3. The average Bonchev–Trinajstić information content (AvgIpc) is 3.20. The molecule has 0 aromatic carbocycles. The molecule has 1 aliphatic carbocycles. The summed E-state index contributed by atoms with van der Waals surface area (Å²) in [6.07, 6.45) is 6.01. The van der Waals surface area contributed by atoms with E-state index in [0.29, 0.717) is 6.04 Å². The Labute approximate surface area is 147 Å². The Morgan fingerprint density at radius 3 is 2.96 bits per heavy atom. The zero-order chi connectivity index (χ0) is 17.4. The van der Waals surface area contributed by atoms with Crippen molar-refractivity contribution in [2.75, 3.05) is 25.5 Å². The summed E-state index contributed by atoms with van der Waals surface area (Å²) in [5, 5.41) is 5.84. The number of methoxy groups -OCH3 is 1. The van der Waals surface area contributed by atoms with Crippen LogP contribution < -0.4 is 10.6 Å². The Hall–Kier alpha value is -2.15. The second-order valence-electron chi connectivity index (χ2n) is 7.28. The highest BCUT2D eigenvalue weighted by Gasteiger charge is 2.50. The molecule has 4 rings (SSSR count). The van der Waals surface area contributed by atoms with Gasteiger partial charge in [0, 0.05) is 36.9 Å². The zero-order valence-electron chi connectivity index (χ0n) is 14.5. The standard InChI is InChI=1S/C18H24N4O3/c1-25-17(24)20-12-6-10-22(11-12)13-4-7-18(8-5-13)14-3-2-9-19-15(14)21-16(18)23/h2-3,9,12-13H,4-8,10-11H2,1H3,(H,20,24)(H,19,21,23)/t12-,13?,18?/m1/s1. The van der Waals surface area contributed by atoms with Gasteiger partial charge in [0.25, 0.3) is 0 Å². The first-order chi connectivity index (χ1) is 12.1. The van der Waals surface area contributed by atoms with E-state index in [0.717, 1.165) is 56.6 Å². The van der Waals surface area contributed by atoms with E-state index >= 15 is 0 Å². The number of hydrogen-bond acceptors (Lipinski definition) is 5. The zero-order valence-corrected chi connectivity index (χ0v) is 14.5. The Bertz CT molecular complexity index is 685. The second kappa shape index (κ2) is 6.29. The van der Waals surface area contributed by atoms with Gasteiger partial charge in [-0.2, -0.15) is 0 Å². The number of likely N-dealkylation sites (tertiary alicyclic amines) is 1. The maximum absolute atomic E-state index is 12.6. The highest BCUT2D eigenvalue weighted by molar-refractivity contribution is 6.05. The summed E-state index contributed by atoms with van der Waals surface area (Å²) in [4.78, 5) is 30.7. The predicted octanol–water partition coefficient (Wildman–Crippen LogP) is 1.64. The maximum Gasteiger partial charge on any atom is 0.407 e. The molecule has 2 fully saturated rings. The van der Waals surface area contributed by atoms with E-state index < -0.39 is 5.41 Å². The Morgan fingerprint density at radius 2 is 2.20 bits per heavy atom. The van der Waals surface area contributed by atoms with E-state index in [1.807, 2.05) is 12.1 Å². The van der Waals surface area contributed by atoms with E-state index in [4.69, 9.17) is 0 Å². The van der Waals surface area contributed by atoms with Crippen molar-refractivity contribution in [2.45, 2.75) is 49.6 Å². The highest BCUT2D eigenvalue weighted by Crippen LogP contribution is 2.47. The fraction of sp³-hybridized carbons (Fsp3) is 0.611. The number of nitrogens with zero attached hydrogens (tertiary/aromatic N) is 2. The van der Waals surface area contributed by atoms with Crippen LogP contribution in [0.2, 0.25) is 0 Å². The first-order valence-corrected chi connectivity index (χ1v) is 8.98. The van der Waals surface area contributed by atoms with Crippen molar-refractivity contribution >= 4 is 17.8 Å².